The fraction of sp³-hybridized carbons (Fsp3) is 0.421. The van der Waals surface area contributed by atoms with Gasteiger partial charge in [0.1, 0.15) is 11.4 Å². The van der Waals surface area contributed by atoms with Gasteiger partial charge in [-0.2, -0.15) is 0 Å². The average molecular weight is 926 g/mol. The van der Waals surface area contributed by atoms with Crippen LogP contribution in [0, 0.1) is 23.7 Å². The molecule has 0 spiro atoms. The number of unbranched alkanes of at least 4 members (excludes halogenated alkanes) is 10. The third-order valence-corrected chi connectivity index (χ3v) is 14.5. The quantitative estimate of drug-likeness (QED) is 0.0597. The number of hydrogen-bond acceptors (Lipinski definition) is 5. The third-order valence-electron chi connectivity index (χ3n) is 11.8. The Balaban J connectivity index is 1.36. The number of nitrogens with one attached hydrogen (secondary N) is 2. The van der Waals surface area contributed by atoms with E-state index in [0.717, 1.165) is 47.9 Å². The van der Waals surface area contributed by atoms with E-state index in [1.54, 1.807) is 48.5 Å². The van der Waals surface area contributed by atoms with Crippen LogP contribution in [0.25, 0.3) is 0 Å². The second-order valence-corrected chi connectivity index (χ2v) is 22.8. The van der Waals surface area contributed by atoms with Crippen molar-refractivity contribution < 1.29 is 16.8 Å². The van der Waals surface area contributed by atoms with E-state index in [0.29, 0.717) is 33.9 Å². The molecule has 66 heavy (non-hydrogen) atoms. The molecule has 0 bridgehead atoms. The highest BCUT2D eigenvalue weighted by Gasteiger charge is 2.21. The molecule has 1 aromatic heterocycles. The fourth-order valence-electron chi connectivity index (χ4n) is 7.54. The first kappa shape index (κ1) is 51.6. The summed E-state index contributed by atoms with van der Waals surface area (Å²) in [5.41, 5.74) is 6.54. The minimum atomic E-state index is -3.91. The molecule has 0 aliphatic heterocycles. The summed E-state index contributed by atoms with van der Waals surface area (Å²) in [6, 6.07) is 30.9. The SMILES string of the molecule is CCCCCCCCc1ccc(S(=O)(=O)Nc2ccc(C(C)(C)C)cc2C#Cc2cccc(C#Cc3cc(C(C)(C)C)ccc3NS(=O)(=O)c3ccc(CCCCCCCC)cc3)n2)cc1. The van der Waals surface area contributed by atoms with Crippen LogP contribution in [-0.4, -0.2) is 21.8 Å². The van der Waals surface area contributed by atoms with Crippen LogP contribution in [0.5, 0.6) is 0 Å². The first-order chi connectivity index (χ1) is 31.4. The Bertz CT molecular complexity index is 2540. The predicted molar refractivity (Wildman–Crippen MR) is 275 cm³/mol. The Hall–Kier alpha value is -5.35. The topological polar surface area (TPSA) is 105 Å². The maximum atomic E-state index is 13.7. The van der Waals surface area contributed by atoms with E-state index >= 15 is 0 Å². The van der Waals surface area contributed by atoms with Gasteiger partial charge in [0.25, 0.3) is 20.0 Å². The van der Waals surface area contributed by atoms with Crippen molar-refractivity contribution in [3.8, 4) is 23.7 Å². The molecular formula is C57H71N3O4S2. The lowest BCUT2D eigenvalue weighted by atomic mass is 9.86. The lowest BCUT2D eigenvalue weighted by molar-refractivity contribution is 0.590. The summed E-state index contributed by atoms with van der Waals surface area (Å²) in [5.74, 6) is 12.7. The van der Waals surface area contributed by atoms with Gasteiger partial charge < -0.3 is 0 Å². The fourth-order valence-corrected chi connectivity index (χ4v) is 9.70. The molecule has 5 rings (SSSR count). The molecular weight excluding hydrogens is 855 g/mol. The van der Waals surface area contributed by atoms with Gasteiger partial charge in [-0.15, -0.1) is 0 Å². The van der Waals surface area contributed by atoms with Crippen LogP contribution < -0.4 is 9.44 Å². The normalized spacial score (nSPS) is 11.9. The van der Waals surface area contributed by atoms with E-state index in [4.69, 9.17) is 4.98 Å². The van der Waals surface area contributed by atoms with Gasteiger partial charge in [0.15, 0.2) is 0 Å². The average Bonchev–Trinajstić information content (AvgIpc) is 3.27. The van der Waals surface area contributed by atoms with Gasteiger partial charge in [0.2, 0.25) is 0 Å². The molecule has 1 heterocycles. The molecule has 2 N–H and O–H groups in total. The first-order valence-corrected chi connectivity index (χ1v) is 26.9. The molecule has 0 unspecified atom stereocenters. The summed E-state index contributed by atoms with van der Waals surface area (Å²) in [6.07, 6.45) is 16.4. The Morgan fingerprint density at radius 3 is 1.18 bits per heavy atom. The van der Waals surface area contributed by atoms with E-state index < -0.39 is 20.0 Å². The minimum Gasteiger partial charge on any atom is -0.278 e. The number of anilines is 2. The Morgan fingerprint density at radius 1 is 0.455 bits per heavy atom. The zero-order valence-corrected chi connectivity index (χ0v) is 42.2. The second-order valence-electron chi connectivity index (χ2n) is 19.5. The number of hydrogen-bond donors (Lipinski definition) is 2. The minimum absolute atomic E-state index is 0.192. The Labute approximate surface area is 398 Å². The number of aryl methyl sites for hydroxylation is 2. The maximum absolute atomic E-state index is 13.7. The van der Waals surface area contributed by atoms with Crippen LogP contribution >= 0.6 is 0 Å². The molecule has 5 aromatic rings. The molecule has 9 heteroatoms. The van der Waals surface area contributed by atoms with Crippen molar-refractivity contribution in [1.29, 1.82) is 0 Å². The van der Waals surface area contributed by atoms with Crippen LogP contribution in [0.15, 0.2) is 113 Å². The van der Waals surface area contributed by atoms with Crippen LogP contribution in [-0.2, 0) is 43.7 Å². The van der Waals surface area contributed by atoms with Crippen LogP contribution in [0.4, 0.5) is 11.4 Å². The number of aromatic nitrogens is 1. The molecule has 4 aromatic carbocycles. The Kier molecular flexibility index (Phi) is 18.7. The van der Waals surface area contributed by atoms with Gasteiger partial charge in [-0.3, -0.25) is 9.44 Å². The summed E-state index contributed by atoms with van der Waals surface area (Å²) in [6.45, 7) is 17.0. The molecule has 0 aliphatic rings. The maximum Gasteiger partial charge on any atom is 0.261 e. The van der Waals surface area contributed by atoms with Gasteiger partial charge in [0, 0.05) is 11.1 Å². The standard InChI is InChI=1S/C57H71N3O4S2/c1-9-11-13-15-17-19-22-44-26-36-52(37-27-44)65(61,62)59-54-40-32-48(56(3,4)5)42-46(54)30-34-50-24-21-25-51(58-50)35-31-47-43-49(57(6,7)8)33-41-55(47)60-66(63,64)53-38-28-45(29-39-53)23-20-18-16-14-12-10-2/h21,24-29,32-33,36-43,59-60H,9-20,22-23H2,1-8H3. The molecule has 0 aliphatic carbocycles. The molecule has 0 saturated heterocycles. The monoisotopic (exact) mass is 925 g/mol. The lowest BCUT2D eigenvalue weighted by Gasteiger charge is -2.20. The van der Waals surface area contributed by atoms with Crippen molar-refractivity contribution in [2.45, 2.75) is 166 Å². The van der Waals surface area contributed by atoms with Crippen molar-refractivity contribution >= 4 is 31.4 Å². The number of pyridine rings is 1. The molecule has 0 fully saturated rings. The van der Waals surface area contributed by atoms with Crippen molar-refractivity contribution in [2.75, 3.05) is 9.44 Å². The summed E-state index contributed by atoms with van der Waals surface area (Å²) in [7, 11) is -7.81. The summed E-state index contributed by atoms with van der Waals surface area (Å²) < 4.78 is 60.5. The van der Waals surface area contributed by atoms with Crippen LogP contribution in [0.1, 0.15) is 177 Å². The third kappa shape index (κ3) is 15.9. The van der Waals surface area contributed by atoms with Gasteiger partial charge in [-0.1, -0.05) is 174 Å². The van der Waals surface area contributed by atoms with Gasteiger partial charge in [-0.05, 0) is 131 Å². The van der Waals surface area contributed by atoms with E-state index in [1.807, 2.05) is 54.6 Å². The van der Waals surface area contributed by atoms with Crippen molar-refractivity contribution in [3.05, 3.63) is 148 Å². The smallest absolute Gasteiger partial charge is 0.261 e. The highest BCUT2D eigenvalue weighted by molar-refractivity contribution is 7.93. The lowest BCUT2D eigenvalue weighted by Crippen LogP contribution is -2.15. The van der Waals surface area contributed by atoms with E-state index in [9.17, 15) is 16.8 Å². The van der Waals surface area contributed by atoms with Gasteiger partial charge >= 0.3 is 0 Å². The summed E-state index contributed by atoms with van der Waals surface area (Å²) in [5, 5.41) is 0. The van der Waals surface area contributed by atoms with Crippen LogP contribution in [0.2, 0.25) is 0 Å². The van der Waals surface area contributed by atoms with E-state index in [1.165, 1.54) is 64.2 Å². The summed E-state index contributed by atoms with van der Waals surface area (Å²) in [4.78, 5) is 5.10. The first-order valence-electron chi connectivity index (χ1n) is 23.9. The second kappa shape index (κ2) is 23.9. The predicted octanol–water partition coefficient (Wildman–Crippen LogP) is 13.9. The Morgan fingerprint density at radius 2 is 0.818 bits per heavy atom. The van der Waals surface area contributed by atoms with E-state index in [-0.39, 0.29) is 20.6 Å². The van der Waals surface area contributed by atoms with Gasteiger partial charge in [0.05, 0.1) is 21.2 Å². The molecule has 0 radical (unpaired) electrons. The molecule has 0 amide bonds. The largest absolute Gasteiger partial charge is 0.278 e. The molecule has 350 valence electrons. The van der Waals surface area contributed by atoms with Crippen molar-refractivity contribution in [1.82, 2.24) is 4.98 Å². The van der Waals surface area contributed by atoms with Gasteiger partial charge in [-0.25, -0.2) is 21.8 Å². The summed E-state index contributed by atoms with van der Waals surface area (Å²) >= 11 is 0. The zero-order valence-electron chi connectivity index (χ0n) is 40.6. The zero-order chi connectivity index (χ0) is 47.8. The molecule has 0 saturated carbocycles. The van der Waals surface area contributed by atoms with Crippen LogP contribution in [0.3, 0.4) is 0 Å². The van der Waals surface area contributed by atoms with Crippen molar-refractivity contribution in [2.24, 2.45) is 0 Å². The number of nitrogens with zero attached hydrogens (tertiary/aromatic N) is 1. The van der Waals surface area contributed by atoms with Crippen molar-refractivity contribution in [3.63, 3.8) is 0 Å². The number of rotatable bonds is 20. The van der Waals surface area contributed by atoms with E-state index in [2.05, 4.69) is 88.5 Å². The number of sulfonamides is 2. The molecule has 0 atom stereocenters. The molecule has 7 nitrogen and oxygen atoms in total. The highest BCUT2D eigenvalue weighted by Crippen LogP contribution is 2.30. The highest BCUT2D eigenvalue weighted by atomic mass is 32.2. The number of benzene rings is 4.